The van der Waals surface area contributed by atoms with E-state index in [9.17, 15) is 10.2 Å². The van der Waals surface area contributed by atoms with Crippen LogP contribution in [-0.4, -0.2) is 25.2 Å². The van der Waals surface area contributed by atoms with Gasteiger partial charge in [0.15, 0.2) is 0 Å². The van der Waals surface area contributed by atoms with Gasteiger partial charge in [0.25, 0.3) is 5.95 Å². The molecule has 0 aliphatic rings. The SMILES string of the molecule is Cc1nc(N)nc(N=Nc2cc(Cl)c(O)cc2O)n1. The van der Waals surface area contributed by atoms with Crippen molar-refractivity contribution in [1.82, 2.24) is 15.0 Å². The molecule has 0 aliphatic heterocycles. The summed E-state index contributed by atoms with van der Waals surface area (Å²) >= 11 is 5.69. The molecule has 0 atom stereocenters. The van der Waals surface area contributed by atoms with E-state index in [0.29, 0.717) is 5.82 Å². The topological polar surface area (TPSA) is 130 Å². The Kier molecular flexibility index (Phi) is 3.43. The molecule has 1 heterocycles. The largest absolute Gasteiger partial charge is 0.506 e. The van der Waals surface area contributed by atoms with Gasteiger partial charge in [0, 0.05) is 6.07 Å². The van der Waals surface area contributed by atoms with Crippen LogP contribution in [0.4, 0.5) is 17.6 Å². The standard InChI is InChI=1S/C10H9ClN6O2/c1-4-13-9(12)15-10(14-4)17-16-6-2-5(11)7(18)3-8(6)19/h2-3,18-19H,1H3,(H2,12,13,14,15). The third-order valence-electron chi connectivity index (χ3n) is 2.04. The smallest absolute Gasteiger partial charge is 0.273 e. The molecule has 0 aliphatic carbocycles. The molecule has 1 aromatic carbocycles. The molecule has 9 heteroatoms. The lowest BCUT2D eigenvalue weighted by Crippen LogP contribution is -1.98. The zero-order chi connectivity index (χ0) is 14.0. The maximum absolute atomic E-state index is 9.55. The Labute approximate surface area is 112 Å². The first-order chi connectivity index (χ1) is 8.95. The molecule has 0 bridgehead atoms. The van der Waals surface area contributed by atoms with E-state index in [1.54, 1.807) is 6.92 Å². The second-order valence-corrected chi connectivity index (χ2v) is 3.94. The molecule has 2 aromatic rings. The Balaban J connectivity index is 2.35. The van der Waals surface area contributed by atoms with E-state index in [1.807, 2.05) is 0 Å². The molecule has 98 valence electrons. The lowest BCUT2D eigenvalue weighted by atomic mass is 10.3. The van der Waals surface area contributed by atoms with Gasteiger partial charge in [-0.1, -0.05) is 11.6 Å². The summed E-state index contributed by atoms with van der Waals surface area (Å²) in [5.74, 6) is -0.0971. The molecule has 1 aromatic heterocycles. The van der Waals surface area contributed by atoms with Crippen molar-refractivity contribution in [1.29, 1.82) is 0 Å². The van der Waals surface area contributed by atoms with Crippen LogP contribution in [-0.2, 0) is 0 Å². The zero-order valence-corrected chi connectivity index (χ0v) is 10.5. The summed E-state index contributed by atoms with van der Waals surface area (Å²) in [6.45, 7) is 1.63. The van der Waals surface area contributed by atoms with Gasteiger partial charge in [-0.15, -0.1) is 10.2 Å². The van der Waals surface area contributed by atoms with E-state index in [2.05, 4.69) is 25.2 Å². The fourth-order valence-electron chi connectivity index (χ4n) is 1.25. The van der Waals surface area contributed by atoms with Gasteiger partial charge in [-0.25, -0.2) is 0 Å². The first kappa shape index (κ1) is 13.0. The van der Waals surface area contributed by atoms with E-state index in [4.69, 9.17) is 17.3 Å². The molecule has 0 amide bonds. The Morgan fingerprint density at radius 1 is 1.11 bits per heavy atom. The predicted octanol–water partition coefficient (Wildman–Crippen LogP) is 2.24. The molecule has 8 nitrogen and oxygen atoms in total. The number of hydrogen-bond acceptors (Lipinski definition) is 8. The van der Waals surface area contributed by atoms with Crippen molar-refractivity contribution in [2.75, 3.05) is 5.73 Å². The number of nitrogens with zero attached hydrogens (tertiary/aromatic N) is 5. The highest BCUT2D eigenvalue weighted by molar-refractivity contribution is 6.32. The summed E-state index contributed by atoms with van der Waals surface area (Å²) in [4.78, 5) is 11.4. The van der Waals surface area contributed by atoms with E-state index < -0.39 is 0 Å². The minimum Gasteiger partial charge on any atom is -0.506 e. The molecule has 0 unspecified atom stereocenters. The molecular formula is C10H9ClN6O2. The second kappa shape index (κ2) is 5.02. The van der Waals surface area contributed by atoms with Gasteiger partial charge < -0.3 is 15.9 Å². The number of benzene rings is 1. The van der Waals surface area contributed by atoms with Crippen LogP contribution < -0.4 is 5.73 Å². The van der Waals surface area contributed by atoms with Crippen LogP contribution in [0.15, 0.2) is 22.4 Å². The number of anilines is 1. The zero-order valence-electron chi connectivity index (χ0n) is 9.74. The maximum Gasteiger partial charge on any atom is 0.273 e. The van der Waals surface area contributed by atoms with Crippen molar-refractivity contribution >= 4 is 29.2 Å². The maximum atomic E-state index is 9.55. The first-order valence-corrected chi connectivity index (χ1v) is 5.45. The van der Waals surface area contributed by atoms with E-state index in [1.165, 1.54) is 6.07 Å². The van der Waals surface area contributed by atoms with Crippen molar-refractivity contribution in [3.05, 3.63) is 23.0 Å². The van der Waals surface area contributed by atoms with Crippen LogP contribution in [0.25, 0.3) is 0 Å². The molecule has 0 fully saturated rings. The molecule has 4 N–H and O–H groups in total. The quantitative estimate of drug-likeness (QED) is 0.723. The third-order valence-corrected chi connectivity index (χ3v) is 2.35. The average Bonchev–Trinajstić information content (AvgIpc) is 2.31. The highest BCUT2D eigenvalue weighted by atomic mass is 35.5. The number of aromatic hydroxyl groups is 2. The summed E-state index contributed by atoms with van der Waals surface area (Å²) < 4.78 is 0. The van der Waals surface area contributed by atoms with Crippen LogP contribution in [0.1, 0.15) is 5.82 Å². The van der Waals surface area contributed by atoms with Gasteiger partial charge in [0.2, 0.25) is 5.95 Å². The van der Waals surface area contributed by atoms with Crippen LogP contribution in [0.3, 0.4) is 0 Å². The summed E-state index contributed by atoms with van der Waals surface area (Å²) in [6, 6.07) is 2.32. The van der Waals surface area contributed by atoms with Gasteiger partial charge in [-0.3, -0.25) is 0 Å². The molecule has 0 saturated carbocycles. The number of nitrogens with two attached hydrogens (primary N) is 1. The van der Waals surface area contributed by atoms with E-state index >= 15 is 0 Å². The number of halogens is 1. The van der Waals surface area contributed by atoms with Crippen LogP contribution in [0.2, 0.25) is 5.02 Å². The Morgan fingerprint density at radius 2 is 1.84 bits per heavy atom. The minimum atomic E-state index is -0.274. The van der Waals surface area contributed by atoms with Crippen LogP contribution in [0, 0.1) is 6.92 Å². The Bertz CT molecular complexity index is 640. The lowest BCUT2D eigenvalue weighted by molar-refractivity contribution is 0.451. The Hall–Kier alpha value is -2.48. The van der Waals surface area contributed by atoms with Crippen LogP contribution >= 0.6 is 11.6 Å². The highest BCUT2D eigenvalue weighted by Gasteiger charge is 2.07. The van der Waals surface area contributed by atoms with E-state index in [0.717, 1.165) is 6.07 Å². The minimum absolute atomic E-state index is 0.00796. The van der Waals surface area contributed by atoms with E-state index in [-0.39, 0.29) is 34.1 Å². The molecule has 19 heavy (non-hydrogen) atoms. The van der Waals surface area contributed by atoms with Crippen molar-refractivity contribution < 1.29 is 10.2 Å². The fourth-order valence-corrected chi connectivity index (χ4v) is 1.41. The number of azo groups is 1. The molecule has 0 spiro atoms. The van der Waals surface area contributed by atoms with Gasteiger partial charge in [0.05, 0.1) is 5.02 Å². The summed E-state index contributed by atoms with van der Waals surface area (Å²) in [6.07, 6.45) is 0. The molecular weight excluding hydrogens is 272 g/mol. The number of phenolic OH excluding ortho intramolecular Hbond substituents is 2. The van der Waals surface area contributed by atoms with Gasteiger partial charge in [0.1, 0.15) is 23.0 Å². The van der Waals surface area contributed by atoms with Gasteiger partial charge in [-0.05, 0) is 13.0 Å². The van der Waals surface area contributed by atoms with Crippen molar-refractivity contribution in [2.24, 2.45) is 10.2 Å². The Morgan fingerprint density at radius 3 is 2.53 bits per heavy atom. The summed E-state index contributed by atoms with van der Waals surface area (Å²) in [5, 5.41) is 26.3. The molecule has 2 rings (SSSR count). The number of aryl methyl sites for hydroxylation is 1. The molecule has 0 radical (unpaired) electrons. The van der Waals surface area contributed by atoms with Crippen LogP contribution in [0.5, 0.6) is 11.5 Å². The van der Waals surface area contributed by atoms with Gasteiger partial charge >= 0.3 is 0 Å². The third kappa shape index (κ3) is 3.05. The number of rotatable bonds is 2. The normalized spacial score (nSPS) is 11.1. The lowest BCUT2D eigenvalue weighted by Gasteiger charge is -2.01. The first-order valence-electron chi connectivity index (χ1n) is 5.07. The number of hydrogen-bond donors (Lipinski definition) is 3. The van der Waals surface area contributed by atoms with Crippen molar-refractivity contribution in [3.63, 3.8) is 0 Å². The van der Waals surface area contributed by atoms with Gasteiger partial charge in [-0.2, -0.15) is 15.0 Å². The highest BCUT2D eigenvalue weighted by Crippen LogP contribution is 2.36. The fraction of sp³-hybridized carbons (Fsp3) is 0.100. The second-order valence-electron chi connectivity index (χ2n) is 3.53. The summed E-state index contributed by atoms with van der Waals surface area (Å²) in [5.41, 5.74) is 5.50. The number of aromatic nitrogens is 3. The predicted molar refractivity (Wildman–Crippen MR) is 67.9 cm³/mol. The monoisotopic (exact) mass is 280 g/mol. The number of nitrogen functional groups attached to an aromatic ring is 1. The molecule has 0 saturated heterocycles. The van der Waals surface area contributed by atoms with Crippen molar-refractivity contribution in [3.8, 4) is 11.5 Å². The van der Waals surface area contributed by atoms with Crippen molar-refractivity contribution in [2.45, 2.75) is 6.92 Å². The number of phenols is 2. The average molecular weight is 281 g/mol. The summed E-state index contributed by atoms with van der Waals surface area (Å²) in [7, 11) is 0.